The van der Waals surface area contributed by atoms with Gasteiger partial charge in [-0.1, -0.05) is 111 Å². The van der Waals surface area contributed by atoms with E-state index in [9.17, 15) is 0 Å². The molecule has 0 radical (unpaired) electrons. The second-order valence-corrected chi connectivity index (χ2v) is 14.0. The van der Waals surface area contributed by atoms with Gasteiger partial charge in [0.15, 0.2) is 0 Å². The van der Waals surface area contributed by atoms with Gasteiger partial charge in [0, 0.05) is 18.1 Å². The van der Waals surface area contributed by atoms with Crippen molar-refractivity contribution in [1.29, 1.82) is 0 Å². The van der Waals surface area contributed by atoms with Crippen LogP contribution in [0.2, 0.25) is 15.3 Å². The SMILES string of the molecule is C=CCC(CO[Si](c1ccccc1)(c1ccccc1)C(C)(C)C)c1c(Cl)nc(C)nc1Cl. The summed E-state index contributed by atoms with van der Waals surface area (Å²) in [4.78, 5) is 8.68. The number of allylic oxidation sites excluding steroid dienone is 1. The van der Waals surface area contributed by atoms with Gasteiger partial charge in [-0.25, -0.2) is 9.97 Å². The lowest BCUT2D eigenvalue weighted by atomic mass is 9.99. The quantitative estimate of drug-likeness (QED) is 0.213. The molecule has 3 rings (SSSR count). The topological polar surface area (TPSA) is 35.0 Å². The molecule has 0 spiro atoms. The number of nitrogens with zero attached hydrogens (tertiary/aromatic N) is 2. The van der Waals surface area contributed by atoms with Crippen LogP contribution in [0.3, 0.4) is 0 Å². The van der Waals surface area contributed by atoms with Crippen molar-refractivity contribution in [2.45, 2.75) is 45.1 Å². The Morgan fingerprint density at radius 2 is 1.41 bits per heavy atom. The van der Waals surface area contributed by atoms with E-state index in [1.165, 1.54) is 10.4 Å². The van der Waals surface area contributed by atoms with E-state index >= 15 is 0 Å². The molecule has 3 aromatic rings. The fraction of sp³-hybridized carbons (Fsp3) is 0.308. The van der Waals surface area contributed by atoms with E-state index in [4.69, 9.17) is 27.6 Å². The van der Waals surface area contributed by atoms with Crippen LogP contribution in [0.25, 0.3) is 0 Å². The Bertz CT molecular complexity index is 990. The molecule has 2 aromatic carbocycles. The average Bonchev–Trinajstić information content (AvgIpc) is 2.74. The Morgan fingerprint density at radius 3 is 1.81 bits per heavy atom. The van der Waals surface area contributed by atoms with Crippen LogP contribution in [0.4, 0.5) is 0 Å². The summed E-state index contributed by atoms with van der Waals surface area (Å²) < 4.78 is 7.09. The molecule has 0 saturated heterocycles. The van der Waals surface area contributed by atoms with Gasteiger partial charge in [-0.3, -0.25) is 0 Å². The highest BCUT2D eigenvalue weighted by Gasteiger charge is 2.50. The Labute approximate surface area is 202 Å². The highest BCUT2D eigenvalue weighted by atomic mass is 35.5. The molecule has 1 aromatic heterocycles. The second-order valence-electron chi connectivity index (χ2n) is 8.96. The van der Waals surface area contributed by atoms with Gasteiger partial charge in [-0.15, -0.1) is 6.58 Å². The smallest absolute Gasteiger partial charge is 0.261 e. The highest BCUT2D eigenvalue weighted by molar-refractivity contribution is 6.99. The maximum absolute atomic E-state index is 7.09. The number of aryl methyl sites for hydroxylation is 1. The van der Waals surface area contributed by atoms with Crippen molar-refractivity contribution in [2.24, 2.45) is 0 Å². The summed E-state index contributed by atoms with van der Waals surface area (Å²) in [5.41, 5.74) is 0.719. The summed E-state index contributed by atoms with van der Waals surface area (Å²) in [5.74, 6) is 0.448. The first-order valence-electron chi connectivity index (χ1n) is 10.8. The first-order valence-corrected chi connectivity index (χ1v) is 13.4. The van der Waals surface area contributed by atoms with E-state index in [-0.39, 0.29) is 11.0 Å². The van der Waals surface area contributed by atoms with Crippen LogP contribution in [0.1, 0.15) is 44.5 Å². The first kappa shape index (κ1) is 24.7. The molecule has 3 nitrogen and oxygen atoms in total. The van der Waals surface area contributed by atoms with Gasteiger partial charge in [0.2, 0.25) is 0 Å². The molecule has 0 bridgehead atoms. The number of hydrogen-bond acceptors (Lipinski definition) is 3. The molecule has 0 amide bonds. The molecule has 6 heteroatoms. The normalized spacial score (nSPS) is 13.1. The fourth-order valence-corrected chi connectivity index (χ4v) is 9.70. The molecule has 0 aliphatic heterocycles. The largest absolute Gasteiger partial charge is 0.407 e. The van der Waals surface area contributed by atoms with Gasteiger partial charge in [0.25, 0.3) is 8.32 Å². The van der Waals surface area contributed by atoms with E-state index in [1.54, 1.807) is 6.92 Å². The van der Waals surface area contributed by atoms with E-state index in [0.29, 0.717) is 29.2 Å². The number of rotatable bonds is 8. The lowest BCUT2D eigenvalue weighted by molar-refractivity contribution is 0.271. The minimum Gasteiger partial charge on any atom is -0.407 e. The maximum atomic E-state index is 7.09. The standard InChI is InChI=1S/C26H30Cl2N2OSi/c1-6-13-20(23-24(27)29-19(2)30-25(23)28)18-31-32(26(3,4)5,21-14-9-7-10-15-21)22-16-11-8-12-17-22/h6-12,14-17,20H,1,13,18H2,2-5H3. The summed E-state index contributed by atoms with van der Waals surface area (Å²) in [5, 5.41) is 3.09. The number of halogens is 2. The van der Waals surface area contributed by atoms with Crippen molar-refractivity contribution < 1.29 is 4.43 Å². The molecule has 0 N–H and O–H groups in total. The van der Waals surface area contributed by atoms with Crippen LogP contribution in [-0.4, -0.2) is 24.9 Å². The fourth-order valence-electron chi connectivity index (χ4n) is 4.31. The van der Waals surface area contributed by atoms with Crippen molar-refractivity contribution in [3.05, 3.63) is 95.0 Å². The third kappa shape index (κ3) is 4.99. The zero-order chi connectivity index (χ0) is 23.4. The van der Waals surface area contributed by atoms with Gasteiger partial charge in [-0.05, 0) is 28.8 Å². The number of hydrogen-bond donors (Lipinski definition) is 0. The van der Waals surface area contributed by atoms with Crippen LogP contribution >= 0.6 is 23.2 Å². The maximum Gasteiger partial charge on any atom is 0.261 e. The molecule has 0 aliphatic carbocycles. The summed E-state index contributed by atoms with van der Waals surface area (Å²) in [6.07, 6.45) is 2.52. The Morgan fingerprint density at radius 1 is 0.938 bits per heavy atom. The second kappa shape index (κ2) is 10.3. The van der Waals surface area contributed by atoms with Gasteiger partial charge >= 0.3 is 0 Å². The van der Waals surface area contributed by atoms with E-state index in [2.05, 4.69) is 85.8 Å². The highest BCUT2D eigenvalue weighted by Crippen LogP contribution is 2.39. The predicted octanol–water partition coefficient (Wildman–Crippen LogP) is 6.33. The predicted molar refractivity (Wildman–Crippen MR) is 138 cm³/mol. The minimum atomic E-state index is -2.68. The van der Waals surface area contributed by atoms with E-state index < -0.39 is 8.32 Å². The lowest BCUT2D eigenvalue weighted by Gasteiger charge is -2.43. The third-order valence-electron chi connectivity index (χ3n) is 5.74. The Kier molecular flexibility index (Phi) is 7.94. The van der Waals surface area contributed by atoms with Crippen LogP contribution in [-0.2, 0) is 4.43 Å². The van der Waals surface area contributed by atoms with Crippen LogP contribution < -0.4 is 10.4 Å². The van der Waals surface area contributed by atoms with Crippen molar-refractivity contribution in [1.82, 2.24) is 9.97 Å². The molecule has 1 unspecified atom stereocenters. The molecule has 0 fully saturated rings. The summed E-state index contributed by atoms with van der Waals surface area (Å²) in [6.45, 7) is 12.9. The minimum absolute atomic E-state index is 0.102. The molecule has 0 saturated carbocycles. The molecular weight excluding hydrogens is 455 g/mol. The van der Waals surface area contributed by atoms with Gasteiger partial charge in [-0.2, -0.15) is 0 Å². The van der Waals surface area contributed by atoms with Crippen molar-refractivity contribution in [3.63, 3.8) is 0 Å². The van der Waals surface area contributed by atoms with Crippen molar-refractivity contribution >= 4 is 41.9 Å². The third-order valence-corrected chi connectivity index (χ3v) is 11.3. The first-order chi connectivity index (χ1) is 15.2. The van der Waals surface area contributed by atoms with Crippen LogP contribution in [0.15, 0.2) is 73.3 Å². The van der Waals surface area contributed by atoms with E-state index in [0.717, 1.165) is 5.56 Å². The lowest BCUT2D eigenvalue weighted by Crippen LogP contribution is -2.66. The van der Waals surface area contributed by atoms with Crippen LogP contribution in [0.5, 0.6) is 0 Å². The summed E-state index contributed by atoms with van der Waals surface area (Å²) in [6, 6.07) is 21.1. The zero-order valence-electron chi connectivity index (χ0n) is 19.1. The van der Waals surface area contributed by atoms with E-state index in [1.807, 2.05) is 18.2 Å². The average molecular weight is 486 g/mol. The molecule has 1 heterocycles. The van der Waals surface area contributed by atoms with Crippen LogP contribution in [0, 0.1) is 6.92 Å². The van der Waals surface area contributed by atoms with Crippen molar-refractivity contribution in [2.75, 3.05) is 6.61 Å². The Balaban J connectivity index is 2.12. The van der Waals surface area contributed by atoms with Gasteiger partial charge < -0.3 is 4.43 Å². The zero-order valence-corrected chi connectivity index (χ0v) is 21.6. The van der Waals surface area contributed by atoms with Gasteiger partial charge in [0.1, 0.15) is 16.1 Å². The number of benzene rings is 2. The molecule has 32 heavy (non-hydrogen) atoms. The summed E-state index contributed by atoms with van der Waals surface area (Å²) in [7, 11) is -2.68. The molecule has 168 valence electrons. The number of aromatic nitrogens is 2. The molecule has 1 atom stereocenters. The molecular formula is C26H30Cl2N2OSi. The molecule has 0 aliphatic rings. The Hall–Kier alpha value is -1.98. The summed E-state index contributed by atoms with van der Waals surface area (Å²) >= 11 is 13.1. The van der Waals surface area contributed by atoms with Crippen molar-refractivity contribution in [3.8, 4) is 0 Å². The van der Waals surface area contributed by atoms with Gasteiger partial charge in [0.05, 0.1) is 0 Å². The monoisotopic (exact) mass is 484 g/mol.